The normalized spacial score (nSPS) is 11.8. The first-order chi connectivity index (χ1) is 9.69. The van der Waals surface area contributed by atoms with Gasteiger partial charge in [-0.1, -0.05) is 39.3 Å². The molecule has 1 heterocycles. The van der Waals surface area contributed by atoms with Crippen molar-refractivity contribution in [3.63, 3.8) is 0 Å². The molecule has 0 spiro atoms. The highest BCUT2D eigenvalue weighted by Crippen LogP contribution is 2.31. The first-order valence-corrected chi connectivity index (χ1v) is 9.06. The Morgan fingerprint density at radius 3 is 2.75 bits per heavy atom. The van der Waals surface area contributed by atoms with E-state index in [1.54, 1.807) is 11.3 Å². The van der Waals surface area contributed by atoms with Crippen molar-refractivity contribution < 1.29 is 0 Å². The fourth-order valence-electron chi connectivity index (χ4n) is 1.94. The lowest BCUT2D eigenvalue weighted by atomic mass is 10.1. The van der Waals surface area contributed by atoms with Gasteiger partial charge in [-0.05, 0) is 42.8 Å². The summed E-state index contributed by atoms with van der Waals surface area (Å²) in [5.74, 6) is 0.759. The van der Waals surface area contributed by atoms with Gasteiger partial charge in [-0.15, -0.1) is 11.3 Å². The van der Waals surface area contributed by atoms with Gasteiger partial charge in [-0.25, -0.2) is 9.29 Å². The molecular formula is C16H24N2S2. The minimum Gasteiger partial charge on any atom is -0.244 e. The molecule has 0 radical (unpaired) electrons. The number of para-hydroxylation sites is 1. The van der Waals surface area contributed by atoms with Gasteiger partial charge in [0.2, 0.25) is 0 Å². The molecule has 0 unspecified atom stereocenters. The van der Waals surface area contributed by atoms with E-state index in [-0.39, 0.29) is 0 Å². The molecule has 1 aromatic heterocycles. The maximum absolute atomic E-state index is 4.73. The van der Waals surface area contributed by atoms with Crippen LogP contribution < -0.4 is 0 Å². The van der Waals surface area contributed by atoms with E-state index < -0.39 is 0 Å². The molecule has 110 valence electrons. The molecule has 4 heteroatoms. The lowest BCUT2D eigenvalue weighted by molar-refractivity contribution is 0.411. The predicted molar refractivity (Wildman–Crippen MR) is 91.4 cm³/mol. The van der Waals surface area contributed by atoms with Crippen LogP contribution in [0, 0.1) is 5.92 Å². The molecule has 2 aromatic rings. The SMILES string of the molecule is CCCCN(CCC(C)C)Sc1nc2ccccc2s1. The molecule has 0 aliphatic carbocycles. The summed E-state index contributed by atoms with van der Waals surface area (Å²) >= 11 is 3.64. The van der Waals surface area contributed by atoms with E-state index >= 15 is 0 Å². The second-order valence-corrected chi connectivity index (χ2v) is 7.88. The number of rotatable bonds is 8. The van der Waals surface area contributed by atoms with Gasteiger partial charge >= 0.3 is 0 Å². The molecule has 2 rings (SSSR count). The van der Waals surface area contributed by atoms with Gasteiger partial charge in [0.1, 0.15) is 0 Å². The second-order valence-electron chi connectivity index (χ2n) is 5.50. The van der Waals surface area contributed by atoms with Gasteiger partial charge in [-0.3, -0.25) is 0 Å². The number of thiazole rings is 1. The Balaban J connectivity index is 2.01. The quantitative estimate of drug-likeness (QED) is 0.603. The van der Waals surface area contributed by atoms with E-state index in [2.05, 4.69) is 49.3 Å². The van der Waals surface area contributed by atoms with Crippen molar-refractivity contribution in [2.75, 3.05) is 13.1 Å². The van der Waals surface area contributed by atoms with Crippen molar-refractivity contribution in [2.24, 2.45) is 5.92 Å². The zero-order valence-electron chi connectivity index (χ0n) is 12.6. The topological polar surface area (TPSA) is 16.1 Å². The number of benzene rings is 1. The Kier molecular flexibility index (Phi) is 6.33. The average molecular weight is 309 g/mol. The van der Waals surface area contributed by atoms with Crippen molar-refractivity contribution in [1.82, 2.24) is 9.29 Å². The number of hydrogen-bond acceptors (Lipinski definition) is 4. The molecule has 2 nitrogen and oxygen atoms in total. The number of hydrogen-bond donors (Lipinski definition) is 0. The van der Waals surface area contributed by atoms with E-state index in [1.807, 2.05) is 11.9 Å². The maximum atomic E-state index is 4.73. The van der Waals surface area contributed by atoms with Crippen molar-refractivity contribution >= 4 is 33.5 Å². The van der Waals surface area contributed by atoms with Gasteiger partial charge in [0.15, 0.2) is 4.34 Å². The number of unbranched alkanes of at least 4 members (excludes halogenated alkanes) is 1. The molecule has 0 amide bonds. The monoisotopic (exact) mass is 308 g/mol. The maximum Gasteiger partial charge on any atom is 0.166 e. The van der Waals surface area contributed by atoms with Crippen LogP contribution in [0.4, 0.5) is 0 Å². The fourth-order valence-corrected chi connectivity index (χ4v) is 4.15. The van der Waals surface area contributed by atoms with Crippen molar-refractivity contribution in [2.45, 2.75) is 44.4 Å². The van der Waals surface area contributed by atoms with Crippen molar-refractivity contribution in [1.29, 1.82) is 0 Å². The number of aromatic nitrogens is 1. The molecule has 20 heavy (non-hydrogen) atoms. The molecule has 1 aromatic carbocycles. The van der Waals surface area contributed by atoms with Crippen LogP contribution in [0.3, 0.4) is 0 Å². The molecule has 0 saturated heterocycles. The average Bonchev–Trinajstić information content (AvgIpc) is 2.83. The minimum atomic E-state index is 0.759. The lowest BCUT2D eigenvalue weighted by Gasteiger charge is -2.20. The van der Waals surface area contributed by atoms with E-state index in [0.717, 1.165) is 24.5 Å². The van der Waals surface area contributed by atoms with Crippen LogP contribution in [0.25, 0.3) is 10.2 Å². The first kappa shape index (κ1) is 15.8. The van der Waals surface area contributed by atoms with Gasteiger partial charge < -0.3 is 0 Å². The summed E-state index contributed by atoms with van der Waals surface area (Å²) in [6, 6.07) is 8.40. The predicted octanol–water partition coefficient (Wildman–Crippen LogP) is 5.45. The summed E-state index contributed by atoms with van der Waals surface area (Å²) in [6.07, 6.45) is 3.76. The van der Waals surface area contributed by atoms with Crippen molar-refractivity contribution in [3.05, 3.63) is 24.3 Å². The summed E-state index contributed by atoms with van der Waals surface area (Å²) < 4.78 is 4.95. The summed E-state index contributed by atoms with van der Waals surface area (Å²) in [7, 11) is 0. The Bertz CT molecular complexity index is 489. The third kappa shape index (κ3) is 4.76. The third-order valence-corrected chi connectivity index (χ3v) is 5.37. The van der Waals surface area contributed by atoms with Crippen LogP contribution in [0.2, 0.25) is 0 Å². The Morgan fingerprint density at radius 2 is 2.05 bits per heavy atom. The highest BCUT2D eigenvalue weighted by molar-refractivity contribution is 7.98. The fraction of sp³-hybridized carbons (Fsp3) is 0.562. The molecule has 0 bridgehead atoms. The van der Waals surface area contributed by atoms with Crippen LogP contribution in [0.1, 0.15) is 40.0 Å². The molecule has 0 aliphatic rings. The standard InChI is InChI=1S/C16H24N2S2/c1-4-5-11-18(12-10-13(2)3)20-16-17-14-8-6-7-9-15(14)19-16/h6-9,13H,4-5,10-12H2,1-3H3. The summed E-state index contributed by atoms with van der Waals surface area (Å²) in [5.41, 5.74) is 1.12. The van der Waals surface area contributed by atoms with Crippen LogP contribution in [0.15, 0.2) is 28.6 Å². The van der Waals surface area contributed by atoms with Gasteiger partial charge in [0, 0.05) is 13.1 Å². The van der Waals surface area contributed by atoms with Crippen molar-refractivity contribution in [3.8, 4) is 0 Å². The molecule has 0 saturated carbocycles. The number of nitrogens with zero attached hydrogens (tertiary/aromatic N) is 2. The molecule has 0 N–H and O–H groups in total. The Hall–Kier alpha value is -0.580. The Morgan fingerprint density at radius 1 is 1.25 bits per heavy atom. The highest BCUT2D eigenvalue weighted by Gasteiger charge is 2.11. The van der Waals surface area contributed by atoms with E-state index in [4.69, 9.17) is 4.98 Å². The minimum absolute atomic E-state index is 0.759. The zero-order chi connectivity index (χ0) is 14.4. The molecular weight excluding hydrogens is 284 g/mol. The van der Waals surface area contributed by atoms with E-state index in [0.29, 0.717) is 0 Å². The van der Waals surface area contributed by atoms with Crippen LogP contribution in [0.5, 0.6) is 0 Å². The summed E-state index contributed by atoms with van der Waals surface area (Å²) in [6.45, 7) is 9.14. The summed E-state index contributed by atoms with van der Waals surface area (Å²) in [5, 5.41) is 0. The second kappa shape index (κ2) is 8.01. The first-order valence-electron chi connectivity index (χ1n) is 7.47. The third-order valence-electron chi connectivity index (χ3n) is 3.20. The Labute approximate surface area is 130 Å². The van der Waals surface area contributed by atoms with Gasteiger partial charge in [0.25, 0.3) is 0 Å². The van der Waals surface area contributed by atoms with Gasteiger partial charge in [-0.2, -0.15) is 0 Å². The highest BCUT2D eigenvalue weighted by atomic mass is 32.2. The molecule has 0 fully saturated rings. The van der Waals surface area contributed by atoms with Gasteiger partial charge in [0.05, 0.1) is 10.2 Å². The lowest BCUT2D eigenvalue weighted by Crippen LogP contribution is -2.19. The van der Waals surface area contributed by atoms with E-state index in [9.17, 15) is 0 Å². The molecule has 0 atom stereocenters. The van der Waals surface area contributed by atoms with E-state index in [1.165, 1.54) is 28.3 Å². The van der Waals surface area contributed by atoms with Crippen LogP contribution >= 0.6 is 23.3 Å². The smallest absolute Gasteiger partial charge is 0.166 e. The number of fused-ring (bicyclic) bond motifs is 1. The van der Waals surface area contributed by atoms with Crippen LogP contribution in [-0.4, -0.2) is 22.4 Å². The summed E-state index contributed by atoms with van der Waals surface area (Å²) in [4.78, 5) is 4.73. The van der Waals surface area contributed by atoms with Crippen LogP contribution in [-0.2, 0) is 0 Å². The molecule has 0 aliphatic heterocycles. The zero-order valence-corrected chi connectivity index (χ0v) is 14.3. The largest absolute Gasteiger partial charge is 0.244 e.